The summed E-state index contributed by atoms with van der Waals surface area (Å²) in [5, 5.41) is 3.41. The SMILES string of the molecule is C[C@@H]1CN[C@@H](C)CN1C(=O)C1CCN(C(=O)OCc2ccccc2)CC1.Cl. The second kappa shape index (κ2) is 9.95. The number of rotatable bonds is 3. The maximum absolute atomic E-state index is 12.9. The first kappa shape index (κ1) is 21.5. The lowest BCUT2D eigenvalue weighted by molar-refractivity contribution is -0.140. The zero-order valence-corrected chi connectivity index (χ0v) is 16.9. The predicted molar refractivity (Wildman–Crippen MR) is 107 cm³/mol. The minimum atomic E-state index is -0.288. The third-order valence-electron chi connectivity index (χ3n) is 5.35. The maximum Gasteiger partial charge on any atom is 0.410 e. The van der Waals surface area contributed by atoms with Gasteiger partial charge >= 0.3 is 6.09 Å². The van der Waals surface area contributed by atoms with Crippen molar-refractivity contribution in [1.82, 2.24) is 15.1 Å². The highest BCUT2D eigenvalue weighted by molar-refractivity contribution is 5.85. The van der Waals surface area contributed by atoms with E-state index in [0.717, 1.165) is 18.7 Å². The van der Waals surface area contributed by atoms with Crippen LogP contribution in [-0.4, -0.2) is 60.1 Å². The fourth-order valence-electron chi connectivity index (χ4n) is 3.68. The van der Waals surface area contributed by atoms with Crippen LogP contribution in [-0.2, 0) is 16.1 Å². The molecule has 2 amide bonds. The Hall–Kier alpha value is -1.79. The molecule has 3 rings (SSSR count). The van der Waals surface area contributed by atoms with Gasteiger partial charge in [-0.25, -0.2) is 4.79 Å². The van der Waals surface area contributed by atoms with Gasteiger partial charge in [0.05, 0.1) is 0 Å². The minimum Gasteiger partial charge on any atom is -0.445 e. The van der Waals surface area contributed by atoms with Gasteiger partial charge < -0.3 is 19.9 Å². The number of piperazine rings is 1. The van der Waals surface area contributed by atoms with Crippen LogP contribution in [0.1, 0.15) is 32.3 Å². The molecule has 0 bridgehead atoms. The van der Waals surface area contributed by atoms with E-state index in [0.29, 0.717) is 32.0 Å². The number of halogens is 1. The topological polar surface area (TPSA) is 61.9 Å². The number of nitrogens with one attached hydrogen (secondary N) is 1. The Morgan fingerprint density at radius 2 is 1.81 bits per heavy atom. The summed E-state index contributed by atoms with van der Waals surface area (Å²) in [7, 11) is 0. The molecule has 150 valence electrons. The van der Waals surface area contributed by atoms with Crippen LogP contribution in [0.4, 0.5) is 4.79 Å². The van der Waals surface area contributed by atoms with Gasteiger partial charge in [0.25, 0.3) is 0 Å². The van der Waals surface area contributed by atoms with Crippen LogP contribution in [0, 0.1) is 5.92 Å². The van der Waals surface area contributed by atoms with Crippen LogP contribution in [0.15, 0.2) is 30.3 Å². The monoisotopic (exact) mass is 395 g/mol. The first-order chi connectivity index (χ1) is 12.5. The zero-order chi connectivity index (χ0) is 18.5. The van der Waals surface area contributed by atoms with Gasteiger partial charge in [-0.3, -0.25) is 4.79 Å². The fraction of sp³-hybridized carbons (Fsp3) is 0.600. The summed E-state index contributed by atoms with van der Waals surface area (Å²) in [6.45, 7) is 7.26. The molecule has 2 atom stereocenters. The second-order valence-electron chi connectivity index (χ2n) is 7.45. The van der Waals surface area contributed by atoms with Crippen LogP contribution in [0.25, 0.3) is 0 Å². The molecule has 2 heterocycles. The van der Waals surface area contributed by atoms with Crippen molar-refractivity contribution in [2.75, 3.05) is 26.2 Å². The van der Waals surface area contributed by atoms with E-state index in [1.807, 2.05) is 35.2 Å². The third-order valence-corrected chi connectivity index (χ3v) is 5.35. The van der Waals surface area contributed by atoms with Gasteiger partial charge in [-0.05, 0) is 32.3 Å². The number of amides is 2. The van der Waals surface area contributed by atoms with E-state index >= 15 is 0 Å². The lowest BCUT2D eigenvalue weighted by atomic mass is 9.94. The third kappa shape index (κ3) is 5.59. The van der Waals surface area contributed by atoms with E-state index < -0.39 is 0 Å². The summed E-state index contributed by atoms with van der Waals surface area (Å²) in [5.74, 6) is 0.254. The van der Waals surface area contributed by atoms with Crippen molar-refractivity contribution in [3.63, 3.8) is 0 Å². The fourth-order valence-corrected chi connectivity index (χ4v) is 3.68. The summed E-state index contributed by atoms with van der Waals surface area (Å²) in [6, 6.07) is 10.2. The molecule has 1 N–H and O–H groups in total. The van der Waals surface area contributed by atoms with Gasteiger partial charge in [0, 0.05) is 44.2 Å². The van der Waals surface area contributed by atoms with Crippen LogP contribution in [0.3, 0.4) is 0 Å². The summed E-state index contributed by atoms with van der Waals surface area (Å²) >= 11 is 0. The molecule has 27 heavy (non-hydrogen) atoms. The van der Waals surface area contributed by atoms with Gasteiger partial charge in [-0.15, -0.1) is 12.4 Å². The summed E-state index contributed by atoms with van der Waals surface area (Å²) in [5.41, 5.74) is 0.979. The number of hydrogen-bond acceptors (Lipinski definition) is 4. The van der Waals surface area contributed by atoms with E-state index in [1.165, 1.54) is 0 Å². The van der Waals surface area contributed by atoms with Gasteiger partial charge in [-0.1, -0.05) is 30.3 Å². The van der Waals surface area contributed by atoms with E-state index in [4.69, 9.17) is 4.74 Å². The molecule has 2 aliphatic rings. The summed E-state index contributed by atoms with van der Waals surface area (Å²) < 4.78 is 5.39. The molecule has 0 aliphatic carbocycles. The molecule has 2 aliphatic heterocycles. The molecule has 0 unspecified atom stereocenters. The van der Waals surface area contributed by atoms with Crippen molar-refractivity contribution in [3.8, 4) is 0 Å². The zero-order valence-electron chi connectivity index (χ0n) is 16.1. The van der Waals surface area contributed by atoms with Gasteiger partial charge in [-0.2, -0.15) is 0 Å². The first-order valence-corrected chi connectivity index (χ1v) is 9.54. The molecule has 2 saturated heterocycles. The largest absolute Gasteiger partial charge is 0.445 e. The number of ether oxygens (including phenoxy) is 1. The lowest BCUT2D eigenvalue weighted by Gasteiger charge is -2.41. The van der Waals surface area contributed by atoms with E-state index in [-0.39, 0.29) is 43.0 Å². The molecule has 0 radical (unpaired) electrons. The van der Waals surface area contributed by atoms with Crippen LogP contribution >= 0.6 is 12.4 Å². The summed E-state index contributed by atoms with van der Waals surface area (Å²) in [6.07, 6.45) is 1.14. The van der Waals surface area contributed by atoms with Crippen LogP contribution in [0.5, 0.6) is 0 Å². The highest BCUT2D eigenvalue weighted by Gasteiger charge is 2.34. The highest BCUT2D eigenvalue weighted by atomic mass is 35.5. The maximum atomic E-state index is 12.9. The second-order valence-corrected chi connectivity index (χ2v) is 7.45. The van der Waals surface area contributed by atoms with Gasteiger partial charge in [0.1, 0.15) is 6.61 Å². The predicted octanol–water partition coefficient (Wildman–Crippen LogP) is 2.67. The smallest absolute Gasteiger partial charge is 0.410 e. The highest BCUT2D eigenvalue weighted by Crippen LogP contribution is 2.22. The van der Waals surface area contributed by atoms with Crippen molar-refractivity contribution in [3.05, 3.63) is 35.9 Å². The van der Waals surface area contributed by atoms with Crippen molar-refractivity contribution in [2.24, 2.45) is 5.92 Å². The molecule has 1 aromatic carbocycles. The number of carbonyl (C=O) groups excluding carboxylic acids is 2. The van der Waals surface area contributed by atoms with E-state index in [9.17, 15) is 9.59 Å². The Labute approximate surface area is 167 Å². The number of nitrogens with zero attached hydrogens (tertiary/aromatic N) is 2. The molecule has 0 aromatic heterocycles. The minimum absolute atomic E-state index is 0. The molecule has 2 fully saturated rings. The molecule has 6 nitrogen and oxygen atoms in total. The first-order valence-electron chi connectivity index (χ1n) is 9.54. The standard InChI is InChI=1S/C20H29N3O3.ClH/c1-15-13-23(16(2)12-21-15)19(24)18-8-10-22(11-9-18)20(25)26-14-17-6-4-3-5-7-17;/h3-7,15-16,18,21H,8-14H2,1-2H3;1H/t15-,16+;/m0./s1. The lowest BCUT2D eigenvalue weighted by Crippen LogP contribution is -2.58. The average molecular weight is 396 g/mol. The molecule has 0 saturated carbocycles. The molecule has 0 spiro atoms. The molecule has 1 aromatic rings. The van der Waals surface area contributed by atoms with E-state index in [1.54, 1.807) is 4.90 Å². The van der Waals surface area contributed by atoms with Crippen molar-refractivity contribution >= 4 is 24.4 Å². The Balaban J connectivity index is 0.00000261. The molecule has 7 heteroatoms. The molecular formula is C20H30ClN3O3. The number of carbonyl (C=O) groups is 2. The quantitative estimate of drug-likeness (QED) is 0.854. The summed E-state index contributed by atoms with van der Waals surface area (Å²) in [4.78, 5) is 28.8. The van der Waals surface area contributed by atoms with Crippen LogP contribution in [0.2, 0.25) is 0 Å². The van der Waals surface area contributed by atoms with Crippen molar-refractivity contribution < 1.29 is 14.3 Å². The van der Waals surface area contributed by atoms with E-state index in [2.05, 4.69) is 19.2 Å². The van der Waals surface area contributed by atoms with Gasteiger partial charge in [0.2, 0.25) is 5.91 Å². The number of hydrogen-bond donors (Lipinski definition) is 1. The number of likely N-dealkylation sites (tertiary alicyclic amines) is 1. The number of benzene rings is 1. The van der Waals surface area contributed by atoms with Crippen molar-refractivity contribution in [1.29, 1.82) is 0 Å². The van der Waals surface area contributed by atoms with Crippen molar-refractivity contribution in [2.45, 2.75) is 45.4 Å². The Bertz CT molecular complexity index is 620. The van der Waals surface area contributed by atoms with Crippen LogP contribution < -0.4 is 5.32 Å². The molecular weight excluding hydrogens is 366 g/mol. The Kier molecular flexibility index (Phi) is 7.92. The normalized spacial score (nSPS) is 23.5. The Morgan fingerprint density at radius 3 is 2.48 bits per heavy atom. The Morgan fingerprint density at radius 1 is 1.15 bits per heavy atom. The number of piperidine rings is 1. The average Bonchev–Trinajstić information content (AvgIpc) is 2.68. The van der Waals surface area contributed by atoms with Gasteiger partial charge in [0.15, 0.2) is 0 Å².